The molecule has 112 valence electrons. The number of carboxylic acid groups (broad SMARTS) is 1. The van der Waals surface area contributed by atoms with E-state index in [1.807, 2.05) is 0 Å². The number of carbonyl (C=O) groups is 1. The van der Waals surface area contributed by atoms with Crippen LogP contribution in [0.15, 0.2) is 17.5 Å². The molecule has 1 fully saturated rings. The fourth-order valence-corrected chi connectivity index (χ4v) is 4.11. The van der Waals surface area contributed by atoms with Crippen LogP contribution in [0, 0.1) is 11.3 Å². The maximum Gasteiger partial charge on any atom is 0.309 e. The molecule has 1 saturated carbocycles. The second-order valence-electron chi connectivity index (χ2n) is 6.25. The first kappa shape index (κ1) is 15.6. The summed E-state index contributed by atoms with van der Waals surface area (Å²) in [6.07, 6.45) is 9.53. The first-order valence-corrected chi connectivity index (χ1v) is 8.80. The Balaban J connectivity index is 1.89. The van der Waals surface area contributed by atoms with Gasteiger partial charge in [0.25, 0.3) is 0 Å². The van der Waals surface area contributed by atoms with E-state index >= 15 is 0 Å². The van der Waals surface area contributed by atoms with Gasteiger partial charge in [-0.25, -0.2) is 0 Å². The largest absolute Gasteiger partial charge is 0.481 e. The normalized spacial score (nSPS) is 26.6. The molecule has 0 saturated heterocycles. The van der Waals surface area contributed by atoms with Gasteiger partial charge in [0.15, 0.2) is 0 Å². The molecule has 0 aromatic carbocycles. The van der Waals surface area contributed by atoms with Crippen molar-refractivity contribution in [2.75, 3.05) is 0 Å². The quantitative estimate of drug-likeness (QED) is 0.756. The highest BCUT2D eigenvalue weighted by atomic mass is 32.1. The van der Waals surface area contributed by atoms with Crippen LogP contribution in [-0.2, 0) is 11.2 Å². The van der Waals surface area contributed by atoms with Gasteiger partial charge in [0, 0.05) is 4.88 Å². The van der Waals surface area contributed by atoms with Gasteiger partial charge >= 0.3 is 5.97 Å². The summed E-state index contributed by atoms with van der Waals surface area (Å²) in [5, 5.41) is 11.8. The van der Waals surface area contributed by atoms with Crippen molar-refractivity contribution in [2.45, 2.75) is 64.7 Å². The molecule has 1 N–H and O–H groups in total. The number of thiophene rings is 1. The van der Waals surface area contributed by atoms with Crippen molar-refractivity contribution >= 4 is 17.3 Å². The first-order chi connectivity index (χ1) is 9.66. The summed E-state index contributed by atoms with van der Waals surface area (Å²) in [6, 6.07) is 4.17. The number of rotatable bonds is 7. The summed E-state index contributed by atoms with van der Waals surface area (Å²) in [6.45, 7) is 2.23. The maximum atomic E-state index is 11.8. The van der Waals surface area contributed by atoms with Gasteiger partial charge in [0.1, 0.15) is 0 Å². The number of aliphatic carboxylic acids is 1. The third-order valence-corrected chi connectivity index (χ3v) is 5.85. The zero-order valence-corrected chi connectivity index (χ0v) is 13.3. The lowest BCUT2D eigenvalue weighted by atomic mass is 9.67. The molecule has 0 bridgehead atoms. The molecule has 0 unspecified atom stereocenters. The topological polar surface area (TPSA) is 37.3 Å². The van der Waals surface area contributed by atoms with Crippen LogP contribution in [-0.4, -0.2) is 11.1 Å². The number of hydrogen-bond donors (Lipinski definition) is 1. The summed E-state index contributed by atoms with van der Waals surface area (Å²) in [7, 11) is 0. The number of aryl methyl sites for hydroxylation is 1. The Bertz CT molecular complexity index is 403. The Morgan fingerprint density at radius 3 is 2.75 bits per heavy atom. The predicted octanol–water partition coefficient (Wildman–Crippen LogP) is 5.13. The van der Waals surface area contributed by atoms with E-state index < -0.39 is 11.4 Å². The Morgan fingerprint density at radius 1 is 1.45 bits per heavy atom. The first-order valence-electron chi connectivity index (χ1n) is 7.92. The molecule has 1 aliphatic rings. The Hall–Kier alpha value is -0.830. The van der Waals surface area contributed by atoms with Gasteiger partial charge in [-0.1, -0.05) is 32.3 Å². The van der Waals surface area contributed by atoms with Crippen LogP contribution >= 0.6 is 11.3 Å². The van der Waals surface area contributed by atoms with Crippen LogP contribution in [0.1, 0.15) is 63.2 Å². The maximum absolute atomic E-state index is 11.8. The highest BCUT2D eigenvalue weighted by Gasteiger charge is 2.41. The lowest BCUT2D eigenvalue weighted by Gasteiger charge is -2.37. The van der Waals surface area contributed by atoms with Crippen molar-refractivity contribution in [3.63, 3.8) is 0 Å². The zero-order valence-electron chi connectivity index (χ0n) is 12.4. The van der Waals surface area contributed by atoms with Crippen LogP contribution in [0.2, 0.25) is 0 Å². The van der Waals surface area contributed by atoms with E-state index in [-0.39, 0.29) is 0 Å². The summed E-state index contributed by atoms with van der Waals surface area (Å²) < 4.78 is 0. The SMILES string of the molecule is CCCCC1CCC(CCc2cccs2)(C(=O)O)CC1. The molecule has 2 nitrogen and oxygen atoms in total. The smallest absolute Gasteiger partial charge is 0.309 e. The van der Waals surface area contributed by atoms with Crippen molar-refractivity contribution in [3.05, 3.63) is 22.4 Å². The summed E-state index contributed by atoms with van der Waals surface area (Å²) in [4.78, 5) is 13.1. The molecule has 3 heteroatoms. The van der Waals surface area contributed by atoms with Gasteiger partial charge in [-0.15, -0.1) is 11.3 Å². The van der Waals surface area contributed by atoms with E-state index in [9.17, 15) is 9.90 Å². The highest BCUT2D eigenvalue weighted by Crippen LogP contribution is 2.44. The molecule has 1 aliphatic carbocycles. The number of hydrogen-bond acceptors (Lipinski definition) is 2. The van der Waals surface area contributed by atoms with Crippen molar-refractivity contribution in [1.82, 2.24) is 0 Å². The molecule has 1 aromatic rings. The predicted molar refractivity (Wildman–Crippen MR) is 84.2 cm³/mol. The summed E-state index contributed by atoms with van der Waals surface area (Å²) in [5.41, 5.74) is -0.452. The minimum absolute atomic E-state index is 0.452. The van der Waals surface area contributed by atoms with Gasteiger partial charge in [0.2, 0.25) is 0 Å². The monoisotopic (exact) mass is 294 g/mol. The molecule has 0 spiro atoms. The second-order valence-corrected chi connectivity index (χ2v) is 7.28. The van der Waals surface area contributed by atoms with E-state index in [0.717, 1.165) is 44.4 Å². The standard InChI is InChI=1S/C17H26O2S/c1-2-3-5-14-7-10-17(11-8-14,16(18)19)12-9-15-6-4-13-20-15/h4,6,13-14H,2-3,5,7-12H2,1H3,(H,18,19). The molecular weight excluding hydrogens is 268 g/mol. The van der Waals surface area contributed by atoms with E-state index in [2.05, 4.69) is 24.4 Å². The number of unbranched alkanes of at least 4 members (excludes halogenated alkanes) is 1. The minimum atomic E-state index is -0.567. The summed E-state index contributed by atoms with van der Waals surface area (Å²) >= 11 is 1.74. The van der Waals surface area contributed by atoms with Crippen LogP contribution in [0.25, 0.3) is 0 Å². The Labute approximate surface area is 126 Å². The van der Waals surface area contributed by atoms with Gasteiger partial charge < -0.3 is 5.11 Å². The van der Waals surface area contributed by atoms with Gasteiger partial charge in [-0.05, 0) is 55.9 Å². The van der Waals surface area contributed by atoms with Gasteiger partial charge in [0.05, 0.1) is 5.41 Å². The van der Waals surface area contributed by atoms with Crippen LogP contribution in [0.3, 0.4) is 0 Å². The van der Waals surface area contributed by atoms with Crippen LogP contribution in [0.5, 0.6) is 0 Å². The fourth-order valence-electron chi connectivity index (χ4n) is 3.40. The zero-order chi connectivity index (χ0) is 14.4. The highest BCUT2D eigenvalue weighted by molar-refractivity contribution is 7.09. The van der Waals surface area contributed by atoms with Gasteiger partial charge in [-0.3, -0.25) is 4.79 Å². The summed E-state index contributed by atoms with van der Waals surface area (Å²) in [5.74, 6) is 0.201. The lowest BCUT2D eigenvalue weighted by molar-refractivity contribution is -0.152. The molecule has 0 radical (unpaired) electrons. The molecule has 20 heavy (non-hydrogen) atoms. The third-order valence-electron chi connectivity index (χ3n) is 4.91. The second kappa shape index (κ2) is 7.26. The lowest BCUT2D eigenvalue weighted by Crippen LogP contribution is -2.36. The third kappa shape index (κ3) is 3.85. The molecule has 2 rings (SSSR count). The molecule has 1 heterocycles. The van der Waals surface area contributed by atoms with Crippen molar-refractivity contribution in [3.8, 4) is 0 Å². The van der Waals surface area contributed by atoms with Crippen molar-refractivity contribution in [2.24, 2.45) is 11.3 Å². The average molecular weight is 294 g/mol. The van der Waals surface area contributed by atoms with E-state index in [0.29, 0.717) is 0 Å². The van der Waals surface area contributed by atoms with Crippen molar-refractivity contribution < 1.29 is 9.90 Å². The molecule has 1 aromatic heterocycles. The molecule has 0 atom stereocenters. The van der Waals surface area contributed by atoms with Crippen LogP contribution < -0.4 is 0 Å². The average Bonchev–Trinajstić information content (AvgIpc) is 2.97. The van der Waals surface area contributed by atoms with Crippen molar-refractivity contribution in [1.29, 1.82) is 0 Å². The molecular formula is C17H26O2S. The minimum Gasteiger partial charge on any atom is -0.481 e. The van der Waals surface area contributed by atoms with E-state index in [4.69, 9.17) is 0 Å². The fraction of sp³-hybridized carbons (Fsp3) is 0.706. The van der Waals surface area contributed by atoms with E-state index in [1.54, 1.807) is 11.3 Å². The Kier molecular flexibility index (Phi) is 5.64. The number of carboxylic acids is 1. The van der Waals surface area contributed by atoms with Gasteiger partial charge in [-0.2, -0.15) is 0 Å². The molecule has 0 amide bonds. The Morgan fingerprint density at radius 2 is 2.20 bits per heavy atom. The van der Waals surface area contributed by atoms with Crippen LogP contribution in [0.4, 0.5) is 0 Å². The molecule has 0 aliphatic heterocycles. The van der Waals surface area contributed by atoms with E-state index in [1.165, 1.54) is 24.1 Å².